The van der Waals surface area contributed by atoms with E-state index in [2.05, 4.69) is 0 Å². The third kappa shape index (κ3) is 2.27. The molecule has 0 saturated heterocycles. The number of halogens is 3. The minimum Gasteiger partial charge on any atom is -0.206 e. The van der Waals surface area contributed by atoms with Crippen molar-refractivity contribution >= 4 is 11.6 Å². The summed E-state index contributed by atoms with van der Waals surface area (Å²) in [6.07, 6.45) is 0. The predicted octanol–water partition coefficient (Wildman–Crippen LogP) is 4.16. The van der Waals surface area contributed by atoms with Gasteiger partial charge in [-0.1, -0.05) is 17.7 Å². The van der Waals surface area contributed by atoms with E-state index in [0.29, 0.717) is 5.02 Å². The summed E-state index contributed by atoms with van der Waals surface area (Å²) in [6, 6.07) is 9.59. The lowest BCUT2D eigenvalue weighted by Crippen LogP contribution is -1.89. The highest BCUT2D eigenvalue weighted by atomic mass is 35.5. The van der Waals surface area contributed by atoms with Gasteiger partial charge in [-0.3, -0.25) is 0 Å². The Morgan fingerprint density at radius 1 is 0.941 bits per heavy atom. The maximum absolute atomic E-state index is 13.7. The Morgan fingerprint density at radius 3 is 2.35 bits per heavy atom. The average molecular weight is 250 g/mol. The molecule has 0 aliphatic heterocycles. The molecule has 0 saturated carbocycles. The lowest BCUT2D eigenvalue weighted by Gasteiger charge is -2.05. The molecule has 1 nitrogen and oxygen atoms in total. The van der Waals surface area contributed by atoms with Gasteiger partial charge in [-0.25, -0.2) is 8.78 Å². The summed E-state index contributed by atoms with van der Waals surface area (Å²) in [4.78, 5) is 0. The highest BCUT2D eigenvalue weighted by molar-refractivity contribution is 6.30. The van der Waals surface area contributed by atoms with Crippen molar-refractivity contribution in [2.45, 2.75) is 0 Å². The molecule has 0 fully saturated rings. The second-order valence-electron chi connectivity index (χ2n) is 3.43. The van der Waals surface area contributed by atoms with Gasteiger partial charge in [0.1, 0.15) is 11.6 Å². The molecule has 0 N–H and O–H groups in total. The van der Waals surface area contributed by atoms with Gasteiger partial charge in [0, 0.05) is 16.1 Å². The van der Waals surface area contributed by atoms with Crippen molar-refractivity contribution < 1.29 is 8.78 Å². The van der Waals surface area contributed by atoms with E-state index in [0.717, 1.165) is 6.07 Å². The number of rotatable bonds is 1. The van der Waals surface area contributed by atoms with Crippen molar-refractivity contribution in [1.29, 1.82) is 5.26 Å². The molecule has 0 unspecified atom stereocenters. The molecular formula is C13H6ClF2N. The molecule has 2 aromatic carbocycles. The molecule has 84 valence electrons. The van der Waals surface area contributed by atoms with Crippen LogP contribution in [0.15, 0.2) is 36.4 Å². The molecule has 0 amide bonds. The molecule has 4 heteroatoms. The van der Waals surface area contributed by atoms with E-state index in [1.165, 1.54) is 30.3 Å². The van der Waals surface area contributed by atoms with Crippen LogP contribution in [0.5, 0.6) is 0 Å². The van der Waals surface area contributed by atoms with Crippen LogP contribution in [-0.2, 0) is 0 Å². The first-order valence-corrected chi connectivity index (χ1v) is 5.14. The maximum Gasteiger partial charge on any atom is 0.132 e. The number of hydrogen-bond donors (Lipinski definition) is 0. The zero-order valence-corrected chi connectivity index (χ0v) is 9.30. The summed E-state index contributed by atoms with van der Waals surface area (Å²) in [5.74, 6) is -1.21. The fourth-order valence-electron chi connectivity index (χ4n) is 1.51. The van der Waals surface area contributed by atoms with Crippen molar-refractivity contribution in [1.82, 2.24) is 0 Å². The van der Waals surface area contributed by atoms with Crippen LogP contribution in [-0.4, -0.2) is 0 Å². The largest absolute Gasteiger partial charge is 0.206 e. The summed E-state index contributed by atoms with van der Waals surface area (Å²) in [5, 5.41) is 8.93. The standard InChI is InChI=1S/C13H6ClF2N/c14-9-2-4-12(15)11(6-9)10-3-1-8(7-17)5-13(10)16/h1-6H. The van der Waals surface area contributed by atoms with E-state index in [1.807, 2.05) is 6.07 Å². The Kier molecular flexibility index (Phi) is 3.08. The fourth-order valence-corrected chi connectivity index (χ4v) is 1.68. The van der Waals surface area contributed by atoms with Crippen molar-refractivity contribution in [2.24, 2.45) is 0 Å². The second-order valence-corrected chi connectivity index (χ2v) is 3.87. The number of nitriles is 1. The van der Waals surface area contributed by atoms with Crippen LogP contribution in [0.4, 0.5) is 8.78 Å². The molecule has 0 bridgehead atoms. The Bertz CT molecular complexity index is 617. The quantitative estimate of drug-likeness (QED) is 0.745. The molecule has 0 aliphatic rings. The van der Waals surface area contributed by atoms with Crippen LogP contribution in [0.3, 0.4) is 0 Å². The van der Waals surface area contributed by atoms with E-state index in [9.17, 15) is 8.78 Å². The molecule has 0 radical (unpaired) electrons. The highest BCUT2D eigenvalue weighted by Crippen LogP contribution is 2.28. The smallest absolute Gasteiger partial charge is 0.132 e. The van der Waals surface area contributed by atoms with Gasteiger partial charge in [-0.05, 0) is 30.3 Å². The summed E-state index contributed by atoms with van der Waals surface area (Å²) in [7, 11) is 0. The summed E-state index contributed by atoms with van der Waals surface area (Å²) >= 11 is 5.74. The minimum atomic E-state index is -0.648. The molecule has 0 spiro atoms. The Labute approximate surface area is 102 Å². The zero-order chi connectivity index (χ0) is 12.4. The molecule has 2 rings (SSSR count). The van der Waals surface area contributed by atoms with Crippen molar-refractivity contribution in [3.05, 3.63) is 58.6 Å². The van der Waals surface area contributed by atoms with Crippen LogP contribution < -0.4 is 0 Å². The predicted molar refractivity (Wildman–Crippen MR) is 61.5 cm³/mol. The van der Waals surface area contributed by atoms with E-state index in [-0.39, 0.29) is 16.7 Å². The van der Waals surface area contributed by atoms with Gasteiger partial charge in [0.2, 0.25) is 0 Å². The van der Waals surface area contributed by atoms with Crippen LogP contribution in [0.2, 0.25) is 5.02 Å². The van der Waals surface area contributed by atoms with Gasteiger partial charge in [0.25, 0.3) is 0 Å². The van der Waals surface area contributed by atoms with Crippen molar-refractivity contribution in [3.63, 3.8) is 0 Å². The van der Waals surface area contributed by atoms with Gasteiger partial charge in [0.05, 0.1) is 11.6 Å². The lowest BCUT2D eigenvalue weighted by molar-refractivity contribution is 0.616. The Hall–Kier alpha value is -1.92. The van der Waals surface area contributed by atoms with Crippen LogP contribution in [0, 0.1) is 23.0 Å². The number of hydrogen-bond acceptors (Lipinski definition) is 1. The second kappa shape index (κ2) is 4.52. The van der Waals surface area contributed by atoms with E-state index in [4.69, 9.17) is 16.9 Å². The van der Waals surface area contributed by atoms with Crippen molar-refractivity contribution in [3.8, 4) is 17.2 Å². The van der Waals surface area contributed by atoms with E-state index in [1.54, 1.807) is 0 Å². The highest BCUT2D eigenvalue weighted by Gasteiger charge is 2.11. The lowest BCUT2D eigenvalue weighted by atomic mass is 10.0. The molecule has 0 aromatic heterocycles. The normalized spacial score (nSPS) is 10.0. The van der Waals surface area contributed by atoms with Crippen LogP contribution in [0.1, 0.15) is 5.56 Å². The summed E-state index contributed by atoms with van der Waals surface area (Å²) in [6.45, 7) is 0. The number of benzene rings is 2. The first kappa shape index (κ1) is 11.6. The molecule has 0 heterocycles. The molecular weight excluding hydrogens is 244 g/mol. The molecule has 17 heavy (non-hydrogen) atoms. The van der Waals surface area contributed by atoms with Gasteiger partial charge in [-0.2, -0.15) is 5.26 Å². The van der Waals surface area contributed by atoms with E-state index >= 15 is 0 Å². The fraction of sp³-hybridized carbons (Fsp3) is 0. The topological polar surface area (TPSA) is 23.8 Å². The first-order valence-electron chi connectivity index (χ1n) is 4.77. The third-order valence-corrected chi connectivity index (χ3v) is 2.55. The maximum atomic E-state index is 13.7. The van der Waals surface area contributed by atoms with Gasteiger partial charge in [0.15, 0.2) is 0 Å². The van der Waals surface area contributed by atoms with Gasteiger partial charge in [-0.15, -0.1) is 0 Å². The summed E-state index contributed by atoms with van der Waals surface area (Å²) < 4.78 is 27.2. The Morgan fingerprint density at radius 2 is 1.71 bits per heavy atom. The molecule has 0 aliphatic carbocycles. The third-order valence-electron chi connectivity index (χ3n) is 2.32. The van der Waals surface area contributed by atoms with Gasteiger partial charge >= 0.3 is 0 Å². The first-order chi connectivity index (χ1) is 8.11. The summed E-state index contributed by atoms with van der Waals surface area (Å²) in [5.41, 5.74) is 0.358. The van der Waals surface area contributed by atoms with Crippen LogP contribution in [0.25, 0.3) is 11.1 Å². The monoisotopic (exact) mass is 249 g/mol. The zero-order valence-electron chi connectivity index (χ0n) is 8.55. The van der Waals surface area contributed by atoms with Crippen LogP contribution >= 0.6 is 11.6 Å². The van der Waals surface area contributed by atoms with Gasteiger partial charge < -0.3 is 0 Å². The Balaban J connectivity index is 2.61. The van der Waals surface area contributed by atoms with E-state index < -0.39 is 11.6 Å². The minimum absolute atomic E-state index is 0.0829. The number of nitrogens with zero attached hydrogens (tertiary/aromatic N) is 1. The average Bonchev–Trinajstić information content (AvgIpc) is 2.32. The molecule has 0 atom stereocenters. The molecule has 2 aromatic rings. The van der Waals surface area contributed by atoms with Crippen molar-refractivity contribution in [2.75, 3.05) is 0 Å². The SMILES string of the molecule is N#Cc1ccc(-c2cc(Cl)ccc2F)c(F)c1.